The summed E-state index contributed by atoms with van der Waals surface area (Å²) in [4.78, 5) is 10.8. The first-order valence-corrected chi connectivity index (χ1v) is 8.80. The number of fused-ring (bicyclic) bond motifs is 1. The van der Waals surface area contributed by atoms with E-state index in [1.807, 2.05) is 14.0 Å². The topological polar surface area (TPSA) is 56.5 Å². The van der Waals surface area contributed by atoms with Gasteiger partial charge >= 0.3 is 0 Å². The molecule has 0 unspecified atom stereocenters. The molecule has 0 radical (unpaired) electrons. The van der Waals surface area contributed by atoms with Gasteiger partial charge in [-0.05, 0) is 36.9 Å². The Bertz CT molecular complexity index is 1040. The van der Waals surface area contributed by atoms with Crippen LogP contribution in [0.15, 0.2) is 46.8 Å². The lowest BCUT2D eigenvalue weighted by atomic mass is 10.2. The second kappa shape index (κ2) is 5.95. The summed E-state index contributed by atoms with van der Waals surface area (Å²) in [5.74, 6) is 0.171. The first kappa shape index (κ1) is 15.2. The standard InChI is InChI=1S/C16H12FN5S2/c1-9-7-11-14(23-9)18-8-19-15(11)24-16-21-20-13(22(16)2)10-5-3-4-6-12(10)17/h3-8H,1-2H3. The van der Waals surface area contributed by atoms with Crippen LogP contribution in [0.2, 0.25) is 0 Å². The van der Waals surface area contributed by atoms with Gasteiger partial charge in [0, 0.05) is 17.3 Å². The van der Waals surface area contributed by atoms with Crippen LogP contribution in [-0.2, 0) is 7.05 Å². The van der Waals surface area contributed by atoms with Gasteiger partial charge in [0.25, 0.3) is 0 Å². The van der Waals surface area contributed by atoms with Crippen molar-refractivity contribution in [2.75, 3.05) is 0 Å². The Balaban J connectivity index is 1.75. The maximum absolute atomic E-state index is 14.0. The fraction of sp³-hybridized carbons (Fsp3) is 0.125. The van der Waals surface area contributed by atoms with Gasteiger partial charge in [0.05, 0.1) is 5.56 Å². The highest BCUT2D eigenvalue weighted by Gasteiger charge is 2.17. The number of aryl methyl sites for hydroxylation is 1. The zero-order chi connectivity index (χ0) is 16.7. The summed E-state index contributed by atoms with van der Waals surface area (Å²) in [6.45, 7) is 2.04. The third-order valence-electron chi connectivity index (χ3n) is 3.55. The highest BCUT2D eigenvalue weighted by Crippen LogP contribution is 2.34. The summed E-state index contributed by atoms with van der Waals surface area (Å²) in [5, 5.41) is 10.8. The largest absolute Gasteiger partial charge is 0.305 e. The smallest absolute Gasteiger partial charge is 0.197 e. The third-order valence-corrected chi connectivity index (χ3v) is 5.57. The number of thiophene rings is 1. The SMILES string of the molecule is Cc1cc2c(Sc3nnc(-c4ccccc4F)n3C)ncnc2s1. The Hall–Kier alpha value is -2.32. The highest BCUT2D eigenvalue weighted by atomic mass is 32.2. The van der Waals surface area contributed by atoms with Crippen molar-refractivity contribution in [3.63, 3.8) is 0 Å². The minimum absolute atomic E-state index is 0.317. The van der Waals surface area contributed by atoms with Gasteiger partial charge in [-0.3, -0.25) is 0 Å². The van der Waals surface area contributed by atoms with Crippen molar-refractivity contribution < 1.29 is 4.39 Å². The molecule has 0 aliphatic carbocycles. The number of hydrogen-bond acceptors (Lipinski definition) is 6. The van der Waals surface area contributed by atoms with Crippen LogP contribution in [0.1, 0.15) is 4.88 Å². The normalized spacial score (nSPS) is 11.3. The summed E-state index contributed by atoms with van der Waals surface area (Å²) in [5.41, 5.74) is 0.429. The Morgan fingerprint density at radius 1 is 1.17 bits per heavy atom. The highest BCUT2D eigenvalue weighted by molar-refractivity contribution is 7.99. The molecule has 8 heteroatoms. The van der Waals surface area contributed by atoms with E-state index in [1.54, 1.807) is 40.4 Å². The van der Waals surface area contributed by atoms with Crippen molar-refractivity contribution in [2.24, 2.45) is 7.05 Å². The molecular formula is C16H12FN5S2. The number of hydrogen-bond donors (Lipinski definition) is 0. The Morgan fingerprint density at radius 3 is 2.83 bits per heavy atom. The molecule has 0 bridgehead atoms. The van der Waals surface area contributed by atoms with E-state index >= 15 is 0 Å². The number of rotatable bonds is 3. The van der Waals surface area contributed by atoms with Crippen molar-refractivity contribution in [2.45, 2.75) is 17.1 Å². The molecule has 4 rings (SSSR count). The minimum atomic E-state index is -0.317. The number of halogens is 1. The predicted octanol–water partition coefficient (Wildman–Crippen LogP) is 4.09. The Kier molecular flexibility index (Phi) is 3.78. The van der Waals surface area contributed by atoms with Crippen molar-refractivity contribution in [1.29, 1.82) is 0 Å². The molecule has 0 saturated heterocycles. The number of aromatic nitrogens is 5. The molecule has 3 heterocycles. The Labute approximate surface area is 145 Å². The summed E-state index contributed by atoms with van der Waals surface area (Å²) >= 11 is 3.03. The van der Waals surface area contributed by atoms with E-state index in [1.165, 1.54) is 22.7 Å². The molecule has 0 aliphatic rings. The van der Waals surface area contributed by atoms with Gasteiger partial charge in [0.1, 0.15) is 22.0 Å². The summed E-state index contributed by atoms with van der Waals surface area (Å²) in [7, 11) is 1.82. The summed E-state index contributed by atoms with van der Waals surface area (Å²) in [6, 6.07) is 8.61. The Morgan fingerprint density at radius 2 is 2.00 bits per heavy atom. The van der Waals surface area contributed by atoms with Crippen LogP contribution in [-0.4, -0.2) is 24.7 Å². The molecule has 0 fully saturated rings. The van der Waals surface area contributed by atoms with Crippen molar-refractivity contribution in [3.05, 3.63) is 47.4 Å². The van der Waals surface area contributed by atoms with E-state index < -0.39 is 0 Å². The molecule has 4 aromatic rings. The molecule has 3 aromatic heterocycles. The van der Waals surface area contributed by atoms with Crippen LogP contribution in [0.3, 0.4) is 0 Å². The van der Waals surface area contributed by atoms with Crippen LogP contribution in [0.5, 0.6) is 0 Å². The fourth-order valence-electron chi connectivity index (χ4n) is 2.40. The second-order valence-corrected chi connectivity index (χ2v) is 7.39. The first-order valence-electron chi connectivity index (χ1n) is 7.17. The van der Waals surface area contributed by atoms with Gasteiger partial charge in [0.15, 0.2) is 11.0 Å². The van der Waals surface area contributed by atoms with Crippen LogP contribution in [0.25, 0.3) is 21.6 Å². The first-order chi connectivity index (χ1) is 11.6. The van der Waals surface area contributed by atoms with E-state index in [0.29, 0.717) is 16.5 Å². The van der Waals surface area contributed by atoms with Crippen LogP contribution >= 0.6 is 23.1 Å². The molecule has 0 aliphatic heterocycles. The van der Waals surface area contributed by atoms with Gasteiger partial charge in [-0.2, -0.15) is 0 Å². The molecule has 0 saturated carbocycles. The molecule has 0 atom stereocenters. The van der Waals surface area contributed by atoms with E-state index in [9.17, 15) is 4.39 Å². The molecule has 120 valence electrons. The van der Waals surface area contributed by atoms with Crippen molar-refractivity contribution >= 4 is 33.3 Å². The molecule has 0 spiro atoms. The zero-order valence-electron chi connectivity index (χ0n) is 12.9. The van der Waals surface area contributed by atoms with Crippen molar-refractivity contribution in [1.82, 2.24) is 24.7 Å². The maximum Gasteiger partial charge on any atom is 0.197 e. The monoisotopic (exact) mass is 357 g/mol. The van der Waals surface area contributed by atoms with Gasteiger partial charge in [-0.25, -0.2) is 14.4 Å². The molecule has 0 N–H and O–H groups in total. The molecule has 5 nitrogen and oxygen atoms in total. The van der Waals surface area contributed by atoms with E-state index in [2.05, 4.69) is 26.2 Å². The molecule has 24 heavy (non-hydrogen) atoms. The van der Waals surface area contributed by atoms with Crippen molar-refractivity contribution in [3.8, 4) is 11.4 Å². The number of benzene rings is 1. The predicted molar refractivity (Wildman–Crippen MR) is 92.7 cm³/mol. The van der Waals surface area contributed by atoms with Gasteiger partial charge in [-0.15, -0.1) is 21.5 Å². The average molecular weight is 357 g/mol. The molecular weight excluding hydrogens is 345 g/mol. The van der Waals surface area contributed by atoms with E-state index in [0.717, 1.165) is 15.2 Å². The lowest BCUT2D eigenvalue weighted by molar-refractivity contribution is 0.628. The molecule has 0 amide bonds. The van der Waals surface area contributed by atoms with Gasteiger partial charge < -0.3 is 4.57 Å². The molecule has 1 aromatic carbocycles. The van der Waals surface area contributed by atoms with E-state index in [4.69, 9.17) is 0 Å². The maximum atomic E-state index is 14.0. The van der Waals surface area contributed by atoms with Crippen LogP contribution in [0, 0.1) is 12.7 Å². The third kappa shape index (κ3) is 2.57. The van der Waals surface area contributed by atoms with Gasteiger partial charge in [0.2, 0.25) is 0 Å². The van der Waals surface area contributed by atoms with Crippen LogP contribution in [0.4, 0.5) is 4.39 Å². The zero-order valence-corrected chi connectivity index (χ0v) is 14.5. The quantitative estimate of drug-likeness (QED) is 0.517. The second-order valence-electron chi connectivity index (χ2n) is 5.20. The fourth-order valence-corrected chi connectivity index (χ4v) is 4.16. The summed E-state index contributed by atoms with van der Waals surface area (Å²) < 4.78 is 15.8. The van der Waals surface area contributed by atoms with E-state index in [-0.39, 0.29) is 5.82 Å². The average Bonchev–Trinajstić information content (AvgIpc) is 3.12. The number of nitrogens with zero attached hydrogens (tertiary/aromatic N) is 5. The lowest BCUT2D eigenvalue weighted by Crippen LogP contribution is -1.96. The lowest BCUT2D eigenvalue weighted by Gasteiger charge is -2.04. The van der Waals surface area contributed by atoms with Gasteiger partial charge in [-0.1, -0.05) is 12.1 Å². The summed E-state index contributed by atoms with van der Waals surface area (Å²) in [6.07, 6.45) is 1.55. The minimum Gasteiger partial charge on any atom is -0.305 e. The van der Waals surface area contributed by atoms with Crippen LogP contribution < -0.4 is 0 Å².